The molecule has 0 aliphatic heterocycles. The van der Waals surface area contributed by atoms with Gasteiger partial charge < -0.3 is 18.8 Å². The van der Waals surface area contributed by atoms with Gasteiger partial charge in [0, 0.05) is 18.2 Å². The zero-order valence-electron chi connectivity index (χ0n) is 21.6. The third kappa shape index (κ3) is 5.47. The van der Waals surface area contributed by atoms with E-state index in [1.807, 2.05) is 92.8 Å². The van der Waals surface area contributed by atoms with Crippen molar-refractivity contribution in [3.05, 3.63) is 120 Å². The Kier molecular flexibility index (Phi) is 7.26. The molecule has 2 heterocycles. The lowest BCUT2D eigenvalue weighted by Gasteiger charge is -2.23. The standard InChI is InChI=1S/C31H29N3O4/c1-22-10-7-15-26(18-22)38-31-28(29(32-33(31)2)23-11-5-4-6-12-23)21-34(20-27-16-9-17-37-27)30(35)24-13-8-14-25(19-24)36-3/h4-19H,20-21H2,1-3H3. The fourth-order valence-corrected chi connectivity index (χ4v) is 4.36. The molecule has 0 atom stereocenters. The molecule has 0 saturated heterocycles. The molecule has 0 fully saturated rings. The molecule has 38 heavy (non-hydrogen) atoms. The summed E-state index contributed by atoms with van der Waals surface area (Å²) in [5, 5.41) is 4.82. The van der Waals surface area contributed by atoms with E-state index in [-0.39, 0.29) is 19.0 Å². The van der Waals surface area contributed by atoms with Crippen molar-refractivity contribution in [2.75, 3.05) is 7.11 Å². The third-order valence-corrected chi connectivity index (χ3v) is 6.22. The van der Waals surface area contributed by atoms with E-state index in [9.17, 15) is 4.79 Å². The summed E-state index contributed by atoms with van der Waals surface area (Å²) in [7, 11) is 3.43. The van der Waals surface area contributed by atoms with Crippen LogP contribution in [0.25, 0.3) is 11.3 Å². The summed E-state index contributed by atoms with van der Waals surface area (Å²) in [5.41, 5.74) is 4.08. The van der Waals surface area contributed by atoms with Gasteiger partial charge in [-0.15, -0.1) is 0 Å². The normalized spacial score (nSPS) is 10.8. The maximum absolute atomic E-state index is 13.9. The molecular formula is C31H29N3O4. The van der Waals surface area contributed by atoms with E-state index >= 15 is 0 Å². The topological polar surface area (TPSA) is 69.7 Å². The molecule has 0 radical (unpaired) electrons. The number of methoxy groups -OCH3 is 1. The lowest BCUT2D eigenvalue weighted by Crippen LogP contribution is -2.30. The molecule has 192 valence electrons. The SMILES string of the molecule is COc1cccc(C(=O)N(Cc2ccco2)Cc2c(-c3ccccc3)nn(C)c2Oc2cccc(C)c2)c1. The number of aryl methyl sites for hydroxylation is 2. The average Bonchev–Trinajstić information content (AvgIpc) is 3.56. The summed E-state index contributed by atoms with van der Waals surface area (Å²) in [6, 6.07) is 28.6. The molecule has 1 amide bonds. The number of benzene rings is 3. The Balaban J connectivity index is 1.59. The van der Waals surface area contributed by atoms with Crippen LogP contribution < -0.4 is 9.47 Å². The molecule has 0 N–H and O–H groups in total. The zero-order chi connectivity index (χ0) is 26.5. The molecule has 0 unspecified atom stereocenters. The number of aromatic nitrogens is 2. The third-order valence-electron chi connectivity index (χ3n) is 6.22. The van der Waals surface area contributed by atoms with Crippen LogP contribution in [-0.2, 0) is 20.1 Å². The second kappa shape index (κ2) is 11.1. The number of hydrogen-bond donors (Lipinski definition) is 0. The molecular weight excluding hydrogens is 478 g/mol. The van der Waals surface area contributed by atoms with Gasteiger partial charge in [-0.3, -0.25) is 4.79 Å². The minimum Gasteiger partial charge on any atom is -0.497 e. The Hall–Kier alpha value is -4.78. The van der Waals surface area contributed by atoms with Crippen LogP contribution >= 0.6 is 0 Å². The number of ether oxygens (including phenoxy) is 2. The van der Waals surface area contributed by atoms with E-state index < -0.39 is 0 Å². The van der Waals surface area contributed by atoms with Gasteiger partial charge in [0.25, 0.3) is 5.91 Å². The summed E-state index contributed by atoms with van der Waals surface area (Å²) in [6.07, 6.45) is 1.61. The number of nitrogens with zero attached hydrogens (tertiary/aromatic N) is 3. The minimum atomic E-state index is -0.162. The van der Waals surface area contributed by atoms with Crippen LogP contribution in [0.15, 0.2) is 102 Å². The van der Waals surface area contributed by atoms with Crippen LogP contribution in [-0.4, -0.2) is 27.7 Å². The predicted molar refractivity (Wildman–Crippen MR) is 145 cm³/mol. The van der Waals surface area contributed by atoms with Gasteiger partial charge in [-0.05, 0) is 55.0 Å². The molecule has 5 aromatic rings. The van der Waals surface area contributed by atoms with Crippen LogP contribution in [0.5, 0.6) is 17.4 Å². The fraction of sp³-hybridized carbons (Fsp3) is 0.161. The Morgan fingerprint density at radius 3 is 2.45 bits per heavy atom. The van der Waals surface area contributed by atoms with E-state index in [1.54, 1.807) is 35.1 Å². The molecule has 0 aliphatic rings. The summed E-state index contributed by atoms with van der Waals surface area (Å²) in [5.74, 6) is 2.39. The molecule has 7 heteroatoms. The maximum Gasteiger partial charge on any atom is 0.254 e. The van der Waals surface area contributed by atoms with Gasteiger partial charge in [0.15, 0.2) is 0 Å². The molecule has 0 saturated carbocycles. The van der Waals surface area contributed by atoms with E-state index in [0.29, 0.717) is 28.7 Å². The summed E-state index contributed by atoms with van der Waals surface area (Å²) in [4.78, 5) is 15.6. The monoisotopic (exact) mass is 507 g/mol. The number of hydrogen-bond acceptors (Lipinski definition) is 5. The first kappa shape index (κ1) is 24.9. The summed E-state index contributed by atoms with van der Waals surface area (Å²) in [6.45, 7) is 2.54. The highest BCUT2D eigenvalue weighted by Crippen LogP contribution is 2.35. The van der Waals surface area contributed by atoms with E-state index in [0.717, 1.165) is 22.4 Å². The van der Waals surface area contributed by atoms with Gasteiger partial charge in [0.05, 0.1) is 32.0 Å². The van der Waals surface area contributed by atoms with Crippen molar-refractivity contribution in [2.45, 2.75) is 20.0 Å². The quantitative estimate of drug-likeness (QED) is 0.224. The predicted octanol–water partition coefficient (Wildman–Crippen LogP) is 6.63. The number of amides is 1. The highest BCUT2D eigenvalue weighted by molar-refractivity contribution is 5.94. The lowest BCUT2D eigenvalue weighted by atomic mass is 10.1. The molecule has 2 aromatic heterocycles. The number of furan rings is 1. The second-order valence-corrected chi connectivity index (χ2v) is 9.01. The van der Waals surface area contributed by atoms with Crippen LogP contribution in [0.3, 0.4) is 0 Å². The van der Waals surface area contributed by atoms with Crippen LogP contribution in [0, 0.1) is 6.92 Å². The van der Waals surface area contributed by atoms with Crippen molar-refractivity contribution in [1.82, 2.24) is 14.7 Å². The first-order chi connectivity index (χ1) is 18.5. The smallest absolute Gasteiger partial charge is 0.254 e. The van der Waals surface area contributed by atoms with E-state index in [4.69, 9.17) is 19.0 Å². The lowest BCUT2D eigenvalue weighted by molar-refractivity contribution is 0.0716. The molecule has 5 rings (SSSR count). The second-order valence-electron chi connectivity index (χ2n) is 9.01. The maximum atomic E-state index is 13.9. The Bertz CT molecular complexity index is 1520. The Labute approximate surface area is 221 Å². The Morgan fingerprint density at radius 2 is 1.71 bits per heavy atom. The highest BCUT2D eigenvalue weighted by atomic mass is 16.5. The number of carbonyl (C=O) groups is 1. The molecule has 0 aliphatic carbocycles. The first-order valence-electron chi connectivity index (χ1n) is 12.3. The van der Waals surface area contributed by atoms with Crippen LogP contribution in [0.1, 0.15) is 27.2 Å². The van der Waals surface area contributed by atoms with Gasteiger partial charge in [0.2, 0.25) is 5.88 Å². The van der Waals surface area contributed by atoms with Crippen LogP contribution in [0.2, 0.25) is 0 Å². The fourth-order valence-electron chi connectivity index (χ4n) is 4.36. The highest BCUT2D eigenvalue weighted by Gasteiger charge is 2.26. The van der Waals surface area contributed by atoms with Gasteiger partial charge in [-0.1, -0.05) is 48.5 Å². The Morgan fingerprint density at radius 1 is 0.921 bits per heavy atom. The average molecular weight is 508 g/mol. The number of carbonyl (C=O) groups excluding carboxylic acids is 1. The summed E-state index contributed by atoms with van der Waals surface area (Å²) >= 11 is 0. The molecule has 7 nitrogen and oxygen atoms in total. The summed E-state index contributed by atoms with van der Waals surface area (Å²) < 4.78 is 19.1. The molecule has 3 aromatic carbocycles. The van der Waals surface area contributed by atoms with Crippen LogP contribution in [0.4, 0.5) is 0 Å². The van der Waals surface area contributed by atoms with Gasteiger partial charge >= 0.3 is 0 Å². The van der Waals surface area contributed by atoms with Gasteiger partial charge in [-0.25, -0.2) is 4.68 Å². The van der Waals surface area contributed by atoms with Crippen molar-refractivity contribution in [1.29, 1.82) is 0 Å². The molecule has 0 bridgehead atoms. The van der Waals surface area contributed by atoms with Crippen molar-refractivity contribution in [3.63, 3.8) is 0 Å². The zero-order valence-corrected chi connectivity index (χ0v) is 21.6. The molecule has 0 spiro atoms. The first-order valence-corrected chi connectivity index (χ1v) is 12.3. The van der Waals surface area contributed by atoms with Crippen molar-refractivity contribution < 1.29 is 18.7 Å². The van der Waals surface area contributed by atoms with Gasteiger partial charge in [0.1, 0.15) is 23.0 Å². The van der Waals surface area contributed by atoms with Gasteiger partial charge in [-0.2, -0.15) is 5.10 Å². The van der Waals surface area contributed by atoms with E-state index in [2.05, 4.69) is 0 Å². The van der Waals surface area contributed by atoms with Crippen molar-refractivity contribution in [2.24, 2.45) is 7.05 Å². The van der Waals surface area contributed by atoms with E-state index in [1.165, 1.54) is 0 Å². The van der Waals surface area contributed by atoms with Crippen molar-refractivity contribution >= 4 is 5.91 Å². The minimum absolute atomic E-state index is 0.162. The number of rotatable bonds is 9. The largest absolute Gasteiger partial charge is 0.497 e. The van der Waals surface area contributed by atoms with Crippen molar-refractivity contribution in [3.8, 4) is 28.6 Å².